The van der Waals surface area contributed by atoms with Crippen molar-refractivity contribution < 1.29 is 13.2 Å². The first-order valence-corrected chi connectivity index (χ1v) is 12.7. The number of carbonyl (C=O) groups excluding carboxylic acids is 1. The smallest absolute Gasteiger partial charge is 0.241 e. The number of benzene rings is 3. The van der Waals surface area contributed by atoms with Crippen LogP contribution in [-0.4, -0.2) is 40.5 Å². The normalized spacial score (nSPS) is 12.7. The second-order valence-electron chi connectivity index (χ2n) is 7.67. The molecule has 0 saturated heterocycles. The molecule has 8 nitrogen and oxygen atoms in total. The summed E-state index contributed by atoms with van der Waals surface area (Å²) < 4.78 is 28.4. The molecule has 1 N–H and O–H groups in total. The van der Waals surface area contributed by atoms with Crippen LogP contribution in [0.1, 0.15) is 24.7 Å². The fourth-order valence-corrected chi connectivity index (χ4v) is 5.36. The summed E-state index contributed by atoms with van der Waals surface area (Å²) in [6.07, 6.45) is 0.515. The molecule has 0 saturated carbocycles. The summed E-state index contributed by atoms with van der Waals surface area (Å²) in [7, 11) is -3.91. The van der Waals surface area contributed by atoms with E-state index in [-0.39, 0.29) is 30.1 Å². The predicted octanol–water partition coefficient (Wildman–Crippen LogP) is 4.05. The van der Waals surface area contributed by atoms with E-state index in [1.165, 1.54) is 6.07 Å². The van der Waals surface area contributed by atoms with Crippen molar-refractivity contribution >= 4 is 49.8 Å². The Balaban J connectivity index is 1.45. The predicted molar refractivity (Wildman–Crippen MR) is 130 cm³/mol. The molecule has 3 aromatic carbocycles. The number of hydrogen-bond donors (Lipinski definition) is 1. The van der Waals surface area contributed by atoms with Gasteiger partial charge in [-0.15, -0.1) is 10.2 Å². The molecule has 1 atom stereocenters. The van der Waals surface area contributed by atoms with Gasteiger partial charge in [0.15, 0.2) is 11.6 Å². The van der Waals surface area contributed by atoms with Crippen molar-refractivity contribution in [2.45, 2.75) is 37.2 Å². The summed E-state index contributed by atoms with van der Waals surface area (Å²) in [5.74, 6) is -0.0424. The monoisotopic (exact) mass is 517 g/mol. The van der Waals surface area contributed by atoms with Crippen molar-refractivity contribution in [1.82, 2.24) is 24.9 Å². The lowest BCUT2D eigenvalue weighted by Crippen LogP contribution is -2.42. The highest BCUT2D eigenvalue weighted by molar-refractivity contribution is 7.89. The third kappa shape index (κ3) is 5.44. The van der Waals surface area contributed by atoms with Crippen molar-refractivity contribution in [2.75, 3.05) is 0 Å². The summed E-state index contributed by atoms with van der Waals surface area (Å²) in [6, 6.07) is 16.5. The average molecular weight is 518 g/mol. The van der Waals surface area contributed by atoms with Crippen LogP contribution in [0.25, 0.3) is 10.8 Å². The van der Waals surface area contributed by atoms with Gasteiger partial charge in [0.25, 0.3) is 0 Å². The summed E-state index contributed by atoms with van der Waals surface area (Å²) >= 11 is 12.4. The van der Waals surface area contributed by atoms with Crippen LogP contribution in [0.2, 0.25) is 10.0 Å². The Hall–Kier alpha value is -2.85. The van der Waals surface area contributed by atoms with Gasteiger partial charge in [-0.25, -0.2) is 13.1 Å². The molecule has 0 fully saturated rings. The van der Waals surface area contributed by atoms with Crippen molar-refractivity contribution in [3.05, 3.63) is 82.1 Å². The molecule has 4 rings (SSSR count). The minimum Gasteiger partial charge on any atom is -0.296 e. The van der Waals surface area contributed by atoms with Crippen LogP contribution in [0.4, 0.5) is 0 Å². The topological polar surface area (TPSA) is 107 Å². The highest BCUT2D eigenvalue weighted by atomic mass is 35.5. The van der Waals surface area contributed by atoms with Crippen molar-refractivity contribution in [2.24, 2.45) is 0 Å². The SMILES string of the molecule is CCC(NS(=O)(=O)c1ccc2ccccc2c1)C(=O)Cn1nnc(Cc2c(Cl)cccc2Cl)n1. The van der Waals surface area contributed by atoms with Crippen LogP contribution in [0, 0.1) is 0 Å². The van der Waals surface area contributed by atoms with Crippen molar-refractivity contribution in [3.8, 4) is 0 Å². The van der Waals surface area contributed by atoms with Gasteiger partial charge in [-0.1, -0.05) is 66.5 Å². The Bertz CT molecular complexity index is 1440. The van der Waals surface area contributed by atoms with Gasteiger partial charge in [0, 0.05) is 16.5 Å². The van der Waals surface area contributed by atoms with Crippen LogP contribution in [-0.2, 0) is 27.8 Å². The second kappa shape index (κ2) is 10.2. The lowest BCUT2D eigenvalue weighted by atomic mass is 10.1. The van der Waals surface area contributed by atoms with E-state index >= 15 is 0 Å². The number of hydrogen-bond acceptors (Lipinski definition) is 6. The third-order valence-electron chi connectivity index (χ3n) is 5.31. The summed E-state index contributed by atoms with van der Waals surface area (Å²) in [5, 5.41) is 14.8. The molecule has 176 valence electrons. The Labute approximate surface area is 206 Å². The van der Waals surface area contributed by atoms with Gasteiger partial charge in [-0.05, 0) is 52.2 Å². The van der Waals surface area contributed by atoms with Gasteiger partial charge in [-0.2, -0.15) is 4.80 Å². The van der Waals surface area contributed by atoms with E-state index in [9.17, 15) is 13.2 Å². The van der Waals surface area contributed by atoms with Crippen LogP contribution in [0.15, 0.2) is 65.6 Å². The zero-order valence-electron chi connectivity index (χ0n) is 18.1. The number of sulfonamides is 1. The van der Waals surface area contributed by atoms with Gasteiger partial charge in [0.05, 0.1) is 10.9 Å². The summed E-state index contributed by atoms with van der Waals surface area (Å²) in [4.78, 5) is 14.1. The molecule has 0 radical (unpaired) electrons. The van der Waals surface area contributed by atoms with Gasteiger partial charge in [0.1, 0.15) is 6.54 Å². The molecule has 34 heavy (non-hydrogen) atoms. The maximum absolute atomic E-state index is 12.9. The van der Waals surface area contributed by atoms with E-state index in [1.807, 2.05) is 24.3 Å². The standard InChI is InChI=1S/C23H21Cl2N5O3S/c1-2-21(28-34(32,33)17-11-10-15-6-3-4-7-16(15)12-17)22(31)14-30-27-23(26-29-30)13-18-19(24)8-5-9-20(18)25/h3-12,21,28H,2,13-14H2,1H3. The molecule has 0 aliphatic heterocycles. The number of rotatable bonds is 9. The maximum Gasteiger partial charge on any atom is 0.241 e. The molecule has 0 spiro atoms. The number of tetrazole rings is 1. The minimum atomic E-state index is -3.91. The minimum absolute atomic E-state index is 0.0928. The second-order valence-corrected chi connectivity index (χ2v) is 10.2. The molecular weight excluding hydrogens is 497 g/mol. The van der Waals surface area contributed by atoms with Crippen LogP contribution in [0.5, 0.6) is 0 Å². The van der Waals surface area contributed by atoms with Crippen molar-refractivity contribution in [1.29, 1.82) is 0 Å². The molecule has 1 unspecified atom stereocenters. The fraction of sp³-hybridized carbons (Fsp3) is 0.217. The number of nitrogens with zero attached hydrogens (tertiary/aromatic N) is 4. The molecule has 0 aliphatic rings. The highest BCUT2D eigenvalue weighted by Crippen LogP contribution is 2.25. The number of carbonyl (C=O) groups is 1. The highest BCUT2D eigenvalue weighted by Gasteiger charge is 2.25. The van der Waals surface area contributed by atoms with E-state index in [0.717, 1.165) is 15.6 Å². The van der Waals surface area contributed by atoms with Crippen LogP contribution in [0.3, 0.4) is 0 Å². The van der Waals surface area contributed by atoms with E-state index in [0.29, 0.717) is 21.4 Å². The first-order chi connectivity index (χ1) is 16.3. The molecule has 0 aliphatic carbocycles. The number of Topliss-reactive ketones (excluding diaryl/α,β-unsaturated/α-hetero) is 1. The first kappa shape index (κ1) is 24.3. The van der Waals surface area contributed by atoms with E-state index in [4.69, 9.17) is 23.2 Å². The Morgan fingerprint density at radius 2 is 1.74 bits per heavy atom. The summed E-state index contributed by atoms with van der Waals surface area (Å²) in [6.45, 7) is 1.49. The molecule has 1 aromatic heterocycles. The zero-order chi connectivity index (χ0) is 24.3. The van der Waals surface area contributed by atoms with Crippen LogP contribution < -0.4 is 4.72 Å². The molecular formula is C23H21Cl2N5O3S. The van der Waals surface area contributed by atoms with Gasteiger partial charge in [0.2, 0.25) is 10.0 Å². The lowest BCUT2D eigenvalue weighted by molar-refractivity contribution is -0.121. The van der Waals surface area contributed by atoms with Gasteiger partial charge in [-0.3, -0.25) is 4.79 Å². The number of ketones is 1. The van der Waals surface area contributed by atoms with Crippen molar-refractivity contribution in [3.63, 3.8) is 0 Å². The van der Waals surface area contributed by atoms with E-state index in [2.05, 4.69) is 20.1 Å². The largest absolute Gasteiger partial charge is 0.296 e. The zero-order valence-corrected chi connectivity index (χ0v) is 20.5. The average Bonchev–Trinajstić information content (AvgIpc) is 3.26. The fourth-order valence-electron chi connectivity index (χ4n) is 3.49. The van der Waals surface area contributed by atoms with E-state index < -0.39 is 16.1 Å². The van der Waals surface area contributed by atoms with Gasteiger partial charge >= 0.3 is 0 Å². The molecule has 4 aromatic rings. The Morgan fingerprint density at radius 3 is 2.44 bits per heavy atom. The number of nitrogens with one attached hydrogen (secondary N) is 1. The van der Waals surface area contributed by atoms with Gasteiger partial charge < -0.3 is 0 Å². The summed E-state index contributed by atoms with van der Waals surface area (Å²) in [5.41, 5.74) is 0.659. The van der Waals surface area contributed by atoms with Crippen LogP contribution >= 0.6 is 23.2 Å². The number of fused-ring (bicyclic) bond motifs is 1. The lowest BCUT2D eigenvalue weighted by Gasteiger charge is -2.16. The third-order valence-corrected chi connectivity index (χ3v) is 7.49. The number of halogens is 2. The Morgan fingerprint density at radius 1 is 1.03 bits per heavy atom. The van der Waals surface area contributed by atoms with E-state index in [1.54, 1.807) is 37.3 Å². The molecule has 0 amide bonds. The molecule has 11 heteroatoms. The quantitative estimate of drug-likeness (QED) is 0.358. The first-order valence-electron chi connectivity index (χ1n) is 10.5. The number of aromatic nitrogens is 4. The molecule has 1 heterocycles. The maximum atomic E-state index is 12.9. The molecule has 0 bridgehead atoms. The Kier molecular flexibility index (Phi) is 7.27.